The molecule has 0 saturated carbocycles. The van der Waals surface area contributed by atoms with Gasteiger partial charge in [-0.25, -0.2) is 0 Å². The van der Waals surface area contributed by atoms with Gasteiger partial charge in [0.05, 0.1) is 35.4 Å². The monoisotopic (exact) mass is 428 g/mol. The zero-order valence-corrected chi connectivity index (χ0v) is 18.4. The van der Waals surface area contributed by atoms with Crippen LogP contribution in [-0.4, -0.2) is 55.9 Å². The van der Waals surface area contributed by atoms with E-state index in [2.05, 4.69) is 15.2 Å². The van der Waals surface area contributed by atoms with E-state index in [0.29, 0.717) is 36.0 Å². The summed E-state index contributed by atoms with van der Waals surface area (Å²) in [5.74, 6) is -0.0625. The van der Waals surface area contributed by atoms with Crippen LogP contribution >= 0.6 is 0 Å². The molecule has 0 bridgehead atoms. The maximum Gasteiger partial charge on any atom is 0.259 e. The molecule has 0 unspecified atom stereocenters. The van der Waals surface area contributed by atoms with Gasteiger partial charge in [0.15, 0.2) is 0 Å². The van der Waals surface area contributed by atoms with Crippen molar-refractivity contribution in [2.45, 2.75) is 19.3 Å². The molecule has 0 fully saturated rings. The molecule has 0 aromatic heterocycles. The average molecular weight is 428 g/mol. The van der Waals surface area contributed by atoms with Crippen LogP contribution in [0.5, 0.6) is 0 Å². The molecule has 3 heterocycles. The molecule has 0 aromatic carbocycles. The maximum absolute atomic E-state index is 13.2. The second kappa shape index (κ2) is 7.84. The van der Waals surface area contributed by atoms with E-state index in [-0.39, 0.29) is 0 Å². The summed E-state index contributed by atoms with van der Waals surface area (Å²) in [5, 5.41) is 2.51. The molecule has 32 heavy (non-hydrogen) atoms. The Bertz CT molecular complexity index is 1230. The predicted molar refractivity (Wildman–Crippen MR) is 123 cm³/mol. The second-order valence-electron chi connectivity index (χ2n) is 8.37. The summed E-state index contributed by atoms with van der Waals surface area (Å²) in [6.45, 7) is 0.775. The van der Waals surface area contributed by atoms with Crippen LogP contribution in [0.15, 0.2) is 91.5 Å². The summed E-state index contributed by atoms with van der Waals surface area (Å²) in [7, 11) is 5.63. The van der Waals surface area contributed by atoms with E-state index >= 15 is 0 Å². The SMILES string of the molecule is COC1=CCC2=NC(CCN(C)C)=C(C3=C(C4=CN=C5CC=CC=C45)C(=O)NC3=O)C2=C1. The number of hydrogen-bond acceptors (Lipinski definition) is 6. The van der Waals surface area contributed by atoms with E-state index < -0.39 is 11.8 Å². The first kappa shape index (κ1) is 20.3. The van der Waals surface area contributed by atoms with E-state index in [1.54, 1.807) is 13.3 Å². The van der Waals surface area contributed by atoms with Gasteiger partial charge in [-0.05, 0) is 26.2 Å². The van der Waals surface area contributed by atoms with Crippen molar-refractivity contribution >= 4 is 23.2 Å². The lowest BCUT2D eigenvalue weighted by atomic mass is 9.84. The van der Waals surface area contributed by atoms with Gasteiger partial charge in [-0.2, -0.15) is 0 Å². The Kier molecular flexibility index (Phi) is 4.98. The number of fused-ring (bicyclic) bond motifs is 2. The van der Waals surface area contributed by atoms with Crippen LogP contribution in [0.25, 0.3) is 0 Å². The van der Waals surface area contributed by atoms with E-state index in [9.17, 15) is 9.59 Å². The molecule has 0 aromatic rings. The Balaban J connectivity index is 1.68. The predicted octanol–water partition coefficient (Wildman–Crippen LogP) is 2.69. The molecule has 5 aliphatic rings. The van der Waals surface area contributed by atoms with Gasteiger partial charge >= 0.3 is 0 Å². The number of ether oxygens (including phenoxy) is 1. The van der Waals surface area contributed by atoms with Crippen molar-refractivity contribution in [1.29, 1.82) is 0 Å². The highest BCUT2D eigenvalue weighted by Gasteiger charge is 2.41. The standard InChI is InChI=1S/C25H24N4O3/c1-29(2)11-10-20-21(16-12-14(32-3)8-9-19(16)27-20)23-22(24(30)28-25(23)31)17-13-26-18-7-5-4-6-15(17)18/h4-6,8,12-13H,7,9-11H2,1-3H3,(H,28,30,31). The zero-order chi connectivity index (χ0) is 22.4. The van der Waals surface area contributed by atoms with Crippen LogP contribution in [0.3, 0.4) is 0 Å². The van der Waals surface area contributed by atoms with Crippen molar-refractivity contribution in [3.05, 3.63) is 81.5 Å². The normalized spacial score (nSPS) is 21.8. The van der Waals surface area contributed by atoms with E-state index in [1.807, 2.05) is 44.5 Å². The summed E-state index contributed by atoms with van der Waals surface area (Å²) in [6, 6.07) is 0. The molecule has 0 spiro atoms. The third-order valence-electron chi connectivity index (χ3n) is 6.06. The van der Waals surface area contributed by atoms with Crippen molar-refractivity contribution in [1.82, 2.24) is 10.2 Å². The minimum absolute atomic E-state index is 0.374. The third-order valence-corrected chi connectivity index (χ3v) is 6.06. The molecule has 2 amide bonds. The topological polar surface area (TPSA) is 83.4 Å². The fourth-order valence-corrected chi connectivity index (χ4v) is 4.50. The number of allylic oxidation sites excluding steroid dienone is 7. The van der Waals surface area contributed by atoms with Crippen LogP contribution < -0.4 is 5.32 Å². The molecular weight excluding hydrogens is 404 g/mol. The number of amides is 2. The quantitative estimate of drug-likeness (QED) is 0.660. The van der Waals surface area contributed by atoms with Gasteiger partial charge in [0.1, 0.15) is 5.76 Å². The second-order valence-corrected chi connectivity index (χ2v) is 8.37. The lowest BCUT2D eigenvalue weighted by molar-refractivity contribution is -0.124. The van der Waals surface area contributed by atoms with Gasteiger partial charge < -0.3 is 9.64 Å². The van der Waals surface area contributed by atoms with Gasteiger partial charge in [-0.15, -0.1) is 0 Å². The highest BCUT2D eigenvalue weighted by Crippen LogP contribution is 2.42. The van der Waals surface area contributed by atoms with Gasteiger partial charge in [0.25, 0.3) is 11.8 Å². The Labute approximate surface area is 186 Å². The summed E-state index contributed by atoms with van der Waals surface area (Å²) in [4.78, 5) is 37.6. The number of carbonyl (C=O) groups excluding carboxylic acids is 2. The average Bonchev–Trinajstić information content (AvgIpc) is 3.44. The Morgan fingerprint density at radius 2 is 1.84 bits per heavy atom. The van der Waals surface area contributed by atoms with Gasteiger partial charge in [-0.1, -0.05) is 18.2 Å². The Morgan fingerprint density at radius 1 is 1.03 bits per heavy atom. The van der Waals surface area contributed by atoms with Crippen LogP contribution in [0.4, 0.5) is 0 Å². The lowest BCUT2D eigenvalue weighted by Crippen LogP contribution is -2.24. The summed E-state index contributed by atoms with van der Waals surface area (Å²) < 4.78 is 5.46. The van der Waals surface area contributed by atoms with Crippen LogP contribution in [-0.2, 0) is 14.3 Å². The highest BCUT2D eigenvalue weighted by molar-refractivity contribution is 6.28. The molecule has 0 saturated heterocycles. The lowest BCUT2D eigenvalue weighted by Gasteiger charge is -2.16. The van der Waals surface area contributed by atoms with Crippen molar-refractivity contribution in [2.75, 3.05) is 27.7 Å². The van der Waals surface area contributed by atoms with Crippen LogP contribution in [0, 0.1) is 0 Å². The number of nitrogens with zero attached hydrogens (tertiary/aromatic N) is 3. The molecular formula is C25H24N4O3. The number of carbonyl (C=O) groups is 2. The summed E-state index contributed by atoms with van der Waals surface area (Å²) >= 11 is 0. The van der Waals surface area contributed by atoms with Gasteiger partial charge in [0.2, 0.25) is 0 Å². The Hall–Kier alpha value is -3.58. The number of nitrogens with one attached hydrogen (secondary N) is 1. The summed E-state index contributed by atoms with van der Waals surface area (Å²) in [6.07, 6.45) is 13.5. The molecule has 7 nitrogen and oxygen atoms in total. The molecule has 3 aliphatic heterocycles. The number of methoxy groups -OCH3 is 1. The minimum Gasteiger partial charge on any atom is -0.497 e. The maximum atomic E-state index is 13.2. The zero-order valence-electron chi connectivity index (χ0n) is 18.4. The first-order valence-electron chi connectivity index (χ1n) is 10.6. The van der Waals surface area contributed by atoms with E-state index in [0.717, 1.165) is 46.1 Å². The van der Waals surface area contributed by atoms with Crippen LogP contribution in [0.1, 0.15) is 19.3 Å². The van der Waals surface area contributed by atoms with Gasteiger partial charge in [-0.3, -0.25) is 24.9 Å². The molecule has 7 heteroatoms. The molecule has 0 radical (unpaired) electrons. The minimum atomic E-state index is -0.394. The van der Waals surface area contributed by atoms with Crippen molar-refractivity contribution in [3.8, 4) is 0 Å². The summed E-state index contributed by atoms with van der Waals surface area (Å²) in [5.41, 5.74) is 6.54. The number of hydrogen-bond donors (Lipinski definition) is 1. The van der Waals surface area contributed by atoms with Gasteiger partial charge in [0, 0.05) is 54.3 Å². The van der Waals surface area contributed by atoms with E-state index in [1.165, 1.54) is 0 Å². The van der Waals surface area contributed by atoms with Crippen LogP contribution in [0.2, 0.25) is 0 Å². The van der Waals surface area contributed by atoms with Crippen molar-refractivity contribution in [3.63, 3.8) is 0 Å². The smallest absolute Gasteiger partial charge is 0.259 e. The Morgan fingerprint density at radius 3 is 2.62 bits per heavy atom. The number of aliphatic imine (C=N–C) groups is 2. The fraction of sp³-hybridized carbons (Fsp3) is 0.280. The molecule has 1 N–H and O–H groups in total. The number of imide groups is 1. The van der Waals surface area contributed by atoms with Crippen molar-refractivity contribution in [2.24, 2.45) is 9.98 Å². The molecule has 5 rings (SSSR count). The number of rotatable bonds is 6. The third kappa shape index (κ3) is 3.26. The van der Waals surface area contributed by atoms with Crippen molar-refractivity contribution < 1.29 is 14.3 Å². The first-order chi connectivity index (χ1) is 15.5. The molecule has 162 valence electrons. The first-order valence-corrected chi connectivity index (χ1v) is 10.6. The largest absolute Gasteiger partial charge is 0.497 e. The highest BCUT2D eigenvalue weighted by atomic mass is 16.5. The fourth-order valence-electron chi connectivity index (χ4n) is 4.50. The molecule has 2 aliphatic carbocycles. The van der Waals surface area contributed by atoms with E-state index in [4.69, 9.17) is 9.73 Å². The molecule has 0 atom stereocenters.